The number of anilines is 1. The predicted molar refractivity (Wildman–Crippen MR) is 85.8 cm³/mol. The standard InChI is InChI=1S/C16H19N3OS/c1-2-7-17-13-3-4-14(18-10-13)16(20)19-8-5-15-12(11-19)6-9-21-15/h3-4,6,9-10,17H,2,5,7-8,11H2,1H3. The molecule has 0 atom stereocenters. The number of aromatic nitrogens is 1. The maximum absolute atomic E-state index is 12.5. The van der Waals surface area contributed by atoms with Crippen LogP contribution >= 0.6 is 11.3 Å². The van der Waals surface area contributed by atoms with E-state index in [1.54, 1.807) is 17.5 Å². The van der Waals surface area contributed by atoms with Crippen molar-refractivity contribution in [3.05, 3.63) is 45.9 Å². The average molecular weight is 301 g/mol. The molecule has 3 rings (SSSR count). The van der Waals surface area contributed by atoms with E-state index < -0.39 is 0 Å². The van der Waals surface area contributed by atoms with Crippen molar-refractivity contribution in [1.29, 1.82) is 0 Å². The monoisotopic (exact) mass is 301 g/mol. The van der Waals surface area contributed by atoms with Crippen LogP contribution in [-0.4, -0.2) is 28.9 Å². The SMILES string of the molecule is CCCNc1ccc(C(=O)N2CCc3sccc3C2)nc1. The lowest BCUT2D eigenvalue weighted by atomic mass is 10.1. The summed E-state index contributed by atoms with van der Waals surface area (Å²) in [6.45, 7) is 4.52. The second-order valence-electron chi connectivity index (χ2n) is 5.20. The minimum atomic E-state index is 0.0221. The molecule has 2 aromatic heterocycles. The summed E-state index contributed by atoms with van der Waals surface area (Å²) >= 11 is 1.78. The first kappa shape index (κ1) is 14.1. The summed E-state index contributed by atoms with van der Waals surface area (Å²) in [5.41, 5.74) is 2.77. The molecule has 0 radical (unpaired) electrons. The average Bonchev–Trinajstić information content (AvgIpc) is 3.00. The Morgan fingerprint density at radius 3 is 3.10 bits per heavy atom. The Hall–Kier alpha value is -1.88. The van der Waals surface area contributed by atoms with Gasteiger partial charge in [0.15, 0.2) is 0 Å². The van der Waals surface area contributed by atoms with Crippen LogP contribution in [0, 0.1) is 0 Å². The van der Waals surface area contributed by atoms with Crippen molar-refractivity contribution < 1.29 is 4.79 Å². The Bertz CT molecular complexity index is 621. The zero-order valence-corrected chi connectivity index (χ0v) is 12.9. The minimum absolute atomic E-state index is 0.0221. The Kier molecular flexibility index (Phi) is 4.20. The minimum Gasteiger partial charge on any atom is -0.384 e. The number of carbonyl (C=O) groups is 1. The van der Waals surface area contributed by atoms with Crippen molar-refractivity contribution in [2.24, 2.45) is 0 Å². The molecule has 0 aromatic carbocycles. The van der Waals surface area contributed by atoms with E-state index in [1.165, 1.54) is 10.4 Å². The summed E-state index contributed by atoms with van der Waals surface area (Å²) < 4.78 is 0. The number of thiophene rings is 1. The zero-order valence-electron chi connectivity index (χ0n) is 12.1. The predicted octanol–water partition coefficient (Wildman–Crippen LogP) is 3.16. The molecule has 0 bridgehead atoms. The van der Waals surface area contributed by atoms with E-state index in [4.69, 9.17) is 0 Å². The van der Waals surface area contributed by atoms with Crippen LogP contribution in [0.3, 0.4) is 0 Å². The molecular weight excluding hydrogens is 282 g/mol. The Balaban J connectivity index is 1.68. The van der Waals surface area contributed by atoms with Gasteiger partial charge in [0.1, 0.15) is 5.69 Å². The van der Waals surface area contributed by atoms with Gasteiger partial charge in [-0.15, -0.1) is 11.3 Å². The smallest absolute Gasteiger partial charge is 0.272 e. The summed E-state index contributed by atoms with van der Waals surface area (Å²) in [6.07, 6.45) is 3.76. The van der Waals surface area contributed by atoms with Gasteiger partial charge < -0.3 is 10.2 Å². The van der Waals surface area contributed by atoms with Gasteiger partial charge in [0, 0.05) is 24.5 Å². The Labute approximate surface area is 128 Å². The molecule has 0 aliphatic carbocycles. The molecule has 1 aliphatic heterocycles. The number of carbonyl (C=O) groups excluding carboxylic acids is 1. The summed E-state index contributed by atoms with van der Waals surface area (Å²) in [5.74, 6) is 0.0221. The van der Waals surface area contributed by atoms with Crippen LogP contribution in [0.15, 0.2) is 29.8 Å². The van der Waals surface area contributed by atoms with E-state index >= 15 is 0 Å². The molecule has 3 heterocycles. The summed E-state index contributed by atoms with van der Waals surface area (Å²) in [7, 11) is 0. The van der Waals surface area contributed by atoms with E-state index in [-0.39, 0.29) is 5.91 Å². The topological polar surface area (TPSA) is 45.2 Å². The second-order valence-corrected chi connectivity index (χ2v) is 6.21. The van der Waals surface area contributed by atoms with Gasteiger partial charge in [0.05, 0.1) is 11.9 Å². The molecule has 0 saturated carbocycles. The lowest BCUT2D eigenvalue weighted by molar-refractivity contribution is 0.0730. The van der Waals surface area contributed by atoms with Crippen molar-refractivity contribution in [3.63, 3.8) is 0 Å². The first-order valence-electron chi connectivity index (χ1n) is 7.32. The number of pyridine rings is 1. The third kappa shape index (κ3) is 3.08. The largest absolute Gasteiger partial charge is 0.384 e. The highest BCUT2D eigenvalue weighted by Gasteiger charge is 2.23. The summed E-state index contributed by atoms with van der Waals surface area (Å²) in [4.78, 5) is 20.1. The van der Waals surface area contributed by atoms with Crippen LogP contribution in [0.25, 0.3) is 0 Å². The molecule has 1 aliphatic rings. The fourth-order valence-electron chi connectivity index (χ4n) is 2.48. The molecule has 1 amide bonds. The normalized spacial score (nSPS) is 13.9. The van der Waals surface area contributed by atoms with Gasteiger partial charge in [-0.3, -0.25) is 4.79 Å². The molecule has 110 valence electrons. The first-order valence-corrected chi connectivity index (χ1v) is 8.20. The van der Waals surface area contributed by atoms with E-state index in [0.29, 0.717) is 12.2 Å². The molecule has 0 saturated heterocycles. The van der Waals surface area contributed by atoms with Crippen molar-refractivity contribution >= 4 is 22.9 Å². The molecule has 4 nitrogen and oxygen atoms in total. The van der Waals surface area contributed by atoms with Gasteiger partial charge in [-0.25, -0.2) is 4.98 Å². The molecule has 2 aromatic rings. The van der Waals surface area contributed by atoms with E-state index in [0.717, 1.165) is 31.6 Å². The van der Waals surface area contributed by atoms with Crippen LogP contribution in [0.5, 0.6) is 0 Å². The number of hydrogen-bond donors (Lipinski definition) is 1. The second kappa shape index (κ2) is 6.26. The Morgan fingerprint density at radius 2 is 2.33 bits per heavy atom. The summed E-state index contributed by atoms with van der Waals surface area (Å²) in [5, 5.41) is 5.37. The van der Waals surface area contributed by atoms with Gasteiger partial charge in [-0.1, -0.05) is 6.92 Å². The molecule has 1 N–H and O–H groups in total. The number of nitrogens with one attached hydrogen (secondary N) is 1. The third-order valence-corrected chi connectivity index (χ3v) is 4.68. The van der Waals surface area contributed by atoms with Gasteiger partial charge >= 0.3 is 0 Å². The highest BCUT2D eigenvalue weighted by Crippen LogP contribution is 2.24. The molecule has 5 heteroatoms. The summed E-state index contributed by atoms with van der Waals surface area (Å²) in [6, 6.07) is 5.85. The van der Waals surface area contributed by atoms with Gasteiger partial charge in [0.2, 0.25) is 0 Å². The van der Waals surface area contributed by atoms with Crippen molar-refractivity contribution in [2.75, 3.05) is 18.4 Å². The Morgan fingerprint density at radius 1 is 1.43 bits per heavy atom. The van der Waals surface area contributed by atoms with E-state index in [9.17, 15) is 4.79 Å². The maximum atomic E-state index is 12.5. The number of nitrogens with zero attached hydrogens (tertiary/aromatic N) is 2. The molecular formula is C16H19N3OS. The van der Waals surface area contributed by atoms with Gasteiger partial charge in [0.25, 0.3) is 5.91 Å². The third-order valence-electron chi connectivity index (χ3n) is 3.66. The van der Waals surface area contributed by atoms with E-state index in [1.807, 2.05) is 17.0 Å². The van der Waals surface area contributed by atoms with Crippen LogP contribution < -0.4 is 5.32 Å². The number of fused-ring (bicyclic) bond motifs is 1. The molecule has 21 heavy (non-hydrogen) atoms. The van der Waals surface area contributed by atoms with Crippen molar-refractivity contribution in [2.45, 2.75) is 26.3 Å². The van der Waals surface area contributed by atoms with E-state index in [2.05, 4.69) is 28.7 Å². The highest BCUT2D eigenvalue weighted by molar-refractivity contribution is 7.10. The lowest BCUT2D eigenvalue weighted by Crippen LogP contribution is -2.35. The van der Waals surface area contributed by atoms with Crippen LogP contribution in [0.1, 0.15) is 34.3 Å². The fraction of sp³-hybridized carbons (Fsp3) is 0.375. The van der Waals surface area contributed by atoms with Gasteiger partial charge in [-0.05, 0) is 42.0 Å². The van der Waals surface area contributed by atoms with Crippen molar-refractivity contribution in [1.82, 2.24) is 9.88 Å². The highest BCUT2D eigenvalue weighted by atomic mass is 32.1. The number of rotatable bonds is 4. The zero-order chi connectivity index (χ0) is 14.7. The quantitative estimate of drug-likeness (QED) is 0.943. The fourth-order valence-corrected chi connectivity index (χ4v) is 3.37. The number of hydrogen-bond acceptors (Lipinski definition) is 4. The molecule has 0 unspecified atom stereocenters. The lowest BCUT2D eigenvalue weighted by Gasteiger charge is -2.26. The van der Waals surface area contributed by atoms with Crippen LogP contribution in [0.2, 0.25) is 0 Å². The van der Waals surface area contributed by atoms with Crippen LogP contribution in [-0.2, 0) is 13.0 Å². The maximum Gasteiger partial charge on any atom is 0.272 e. The molecule has 0 fully saturated rings. The van der Waals surface area contributed by atoms with Gasteiger partial charge in [-0.2, -0.15) is 0 Å². The van der Waals surface area contributed by atoms with Crippen LogP contribution in [0.4, 0.5) is 5.69 Å². The number of amides is 1. The first-order chi connectivity index (χ1) is 10.3. The molecule has 0 spiro atoms. The van der Waals surface area contributed by atoms with Crippen molar-refractivity contribution in [3.8, 4) is 0 Å².